The van der Waals surface area contributed by atoms with E-state index >= 15 is 0 Å². The van der Waals surface area contributed by atoms with Crippen LogP contribution in [-0.2, 0) is 59.8 Å². The average molecular weight is 887 g/mol. The summed E-state index contributed by atoms with van der Waals surface area (Å²) in [6.07, 6.45) is -0.536. The van der Waals surface area contributed by atoms with E-state index in [9.17, 15) is 24.0 Å². The van der Waals surface area contributed by atoms with Crippen molar-refractivity contribution in [3.05, 3.63) is 80.6 Å². The second-order valence-electron chi connectivity index (χ2n) is 16.2. The first-order valence-electron chi connectivity index (χ1n) is 20.8. The number of hydrogen-bond acceptors (Lipinski definition) is 13. The molecule has 4 aromatic rings. The number of carbonyl (C=O) groups excluding carboxylic acids is 4. The zero-order valence-corrected chi connectivity index (χ0v) is 36.4. The van der Waals surface area contributed by atoms with Gasteiger partial charge in [-0.05, 0) is 60.6 Å². The molecule has 3 aliphatic rings. The number of nitrogens with zero attached hydrogens (tertiary/aromatic N) is 3. The topological polar surface area (TPSA) is 250 Å². The molecule has 0 fully saturated rings. The summed E-state index contributed by atoms with van der Waals surface area (Å²) < 4.78 is 29.5. The maximum Gasteiger partial charge on any atom is 0.510 e. The van der Waals surface area contributed by atoms with E-state index in [0.717, 1.165) is 16.5 Å². The number of aliphatic imine (C=N–C) groups is 1. The minimum Gasteiger partial charge on any atom is -0.457 e. The lowest BCUT2D eigenvalue weighted by Crippen LogP contribution is -2.54. The quantitative estimate of drug-likeness (QED) is 0.0303. The van der Waals surface area contributed by atoms with Crippen molar-refractivity contribution in [2.45, 2.75) is 103 Å². The number of amides is 2. The number of cyclic esters (lactones) is 1. The van der Waals surface area contributed by atoms with E-state index < -0.39 is 41.3 Å². The van der Waals surface area contributed by atoms with Gasteiger partial charge in [-0.1, -0.05) is 46.8 Å². The molecule has 18 nitrogen and oxygen atoms in total. The van der Waals surface area contributed by atoms with E-state index in [1.165, 1.54) is 0 Å². The summed E-state index contributed by atoms with van der Waals surface area (Å²) in [5.41, 5.74) is 12.9. The number of halogens is 1. The summed E-state index contributed by atoms with van der Waals surface area (Å²) in [7, 11) is 0. The number of hydrogen-bond donors (Lipinski definition) is 5. The molecule has 7 rings (SSSR count). The third-order valence-corrected chi connectivity index (χ3v) is 11.5. The van der Waals surface area contributed by atoms with E-state index in [2.05, 4.69) is 20.9 Å². The van der Waals surface area contributed by atoms with Crippen molar-refractivity contribution < 1.29 is 42.9 Å². The van der Waals surface area contributed by atoms with Crippen molar-refractivity contribution in [2.75, 3.05) is 18.7 Å². The molecule has 19 heteroatoms. The molecule has 7 N–H and O–H groups in total. The number of nitrogens with two attached hydrogens (primary N) is 2. The molecule has 334 valence electrons. The van der Waals surface area contributed by atoms with Crippen LogP contribution in [-0.4, -0.2) is 70.9 Å². The molecular formula is C44H51ClN8O10. The Balaban J connectivity index is 1.05. The molecule has 0 saturated heterocycles. The number of aromatic nitrogens is 2. The fourth-order valence-electron chi connectivity index (χ4n) is 8.05. The van der Waals surface area contributed by atoms with Gasteiger partial charge in [0.2, 0.25) is 24.2 Å². The molecule has 0 bridgehead atoms. The number of fused-ring (bicyclic) bond motifs is 6. The van der Waals surface area contributed by atoms with E-state index in [1.54, 1.807) is 47.9 Å². The van der Waals surface area contributed by atoms with Gasteiger partial charge >= 0.3 is 12.1 Å². The molecule has 63 heavy (non-hydrogen) atoms. The Morgan fingerprint density at radius 3 is 2.40 bits per heavy atom. The number of esters is 1. The minimum atomic E-state index is -2.00. The van der Waals surface area contributed by atoms with Crippen molar-refractivity contribution >= 4 is 58.1 Å². The second-order valence-corrected chi connectivity index (χ2v) is 16.5. The molecule has 3 atom stereocenters. The molecule has 0 saturated carbocycles. The number of pyridine rings is 2. The molecule has 2 amide bonds. The molecular weight excluding hydrogens is 836 g/mol. The van der Waals surface area contributed by atoms with Crippen LogP contribution in [0.25, 0.3) is 22.3 Å². The molecule has 0 aliphatic carbocycles. The summed E-state index contributed by atoms with van der Waals surface area (Å²) >= 11 is 6.51. The zero-order valence-electron chi connectivity index (χ0n) is 35.7. The summed E-state index contributed by atoms with van der Waals surface area (Å²) in [5, 5.41) is 9.74. The smallest absolute Gasteiger partial charge is 0.457 e. The maximum absolute atomic E-state index is 14.1. The fourth-order valence-corrected chi connectivity index (χ4v) is 8.36. The first-order valence-corrected chi connectivity index (χ1v) is 21.3. The number of benzene rings is 2. The van der Waals surface area contributed by atoms with Crippen LogP contribution >= 0.6 is 11.6 Å². The van der Waals surface area contributed by atoms with Crippen LogP contribution in [0.4, 0.5) is 10.5 Å². The van der Waals surface area contributed by atoms with Gasteiger partial charge in [0.25, 0.3) is 5.56 Å². The molecule has 0 radical (unpaired) electrons. The first kappa shape index (κ1) is 44.6. The summed E-state index contributed by atoms with van der Waals surface area (Å²) in [4.78, 5) is 76.9. The highest BCUT2D eigenvalue weighted by Gasteiger charge is 2.51. The lowest BCUT2D eigenvalue weighted by molar-refractivity contribution is -0.175. The SMILES string of the molecule is CC[C@@]1(OC(=O)OCc2ccc(NC(=O)[C@H](CCCN=C(N)N)NC(=O)[C@@H](NC(C)C)C(C)C)cc2)C(=O)OCc2c1cc1n(c2=O)Cc2c-1nc1cc3c(cc1c2CCl)OCO3. The van der Waals surface area contributed by atoms with Crippen LogP contribution in [0.3, 0.4) is 0 Å². The van der Waals surface area contributed by atoms with Gasteiger partial charge in [0, 0.05) is 46.7 Å². The fraction of sp³-hybridized carbons (Fsp3) is 0.432. The highest BCUT2D eigenvalue weighted by molar-refractivity contribution is 6.18. The standard InChI is InChI=1S/C44H51ClN8O10/c1-6-44(30-15-33-37-28(18-53(33)40(56)29(30)20-59-41(44)57)27(17-45)26-14-34-35(62-21-61-34)16-32(26)51-37)63-43(58)60-19-24-9-11-25(12-10-24)50-38(54)31(8-7-13-48-42(46)47)52-39(55)36(22(2)3)49-23(4)5/h9-12,14-16,22-23,31,36,49H,6-8,13,17-21H2,1-5H3,(H,50,54)(H,52,55)(H4,46,47,48)/t31-,36-,44-/m0/s1. The van der Waals surface area contributed by atoms with Crippen molar-refractivity contribution in [1.29, 1.82) is 0 Å². The summed E-state index contributed by atoms with van der Waals surface area (Å²) in [6.45, 7) is 9.33. The third kappa shape index (κ3) is 9.08. The lowest BCUT2D eigenvalue weighted by Gasteiger charge is -2.35. The molecule has 0 unspecified atom stereocenters. The summed E-state index contributed by atoms with van der Waals surface area (Å²) in [6, 6.07) is 10.4. The lowest BCUT2D eigenvalue weighted by atomic mass is 9.85. The molecule has 0 spiro atoms. The van der Waals surface area contributed by atoms with Gasteiger partial charge in [-0.15, -0.1) is 11.6 Å². The Morgan fingerprint density at radius 1 is 1.00 bits per heavy atom. The Morgan fingerprint density at radius 2 is 1.73 bits per heavy atom. The van der Waals surface area contributed by atoms with Gasteiger partial charge in [-0.2, -0.15) is 0 Å². The van der Waals surface area contributed by atoms with Crippen LogP contribution in [0.1, 0.15) is 81.7 Å². The Bertz CT molecular complexity index is 2540. The first-order chi connectivity index (χ1) is 30.1. The predicted molar refractivity (Wildman–Crippen MR) is 233 cm³/mol. The highest BCUT2D eigenvalue weighted by Crippen LogP contribution is 2.44. The van der Waals surface area contributed by atoms with E-state index in [4.69, 9.17) is 51.7 Å². The highest BCUT2D eigenvalue weighted by atomic mass is 35.5. The Labute approximate surface area is 368 Å². The normalized spacial score (nSPS) is 16.7. The number of alkyl halides is 1. The van der Waals surface area contributed by atoms with Crippen molar-refractivity contribution in [2.24, 2.45) is 22.4 Å². The van der Waals surface area contributed by atoms with Gasteiger partial charge in [0.1, 0.15) is 19.3 Å². The van der Waals surface area contributed by atoms with Gasteiger partial charge in [-0.25, -0.2) is 14.6 Å². The molecule has 3 aliphatic heterocycles. The van der Waals surface area contributed by atoms with E-state index in [-0.39, 0.29) is 86.8 Å². The van der Waals surface area contributed by atoms with Crippen molar-refractivity contribution in [3.8, 4) is 22.9 Å². The summed E-state index contributed by atoms with van der Waals surface area (Å²) in [5.74, 6) is -0.462. The number of ether oxygens (including phenoxy) is 5. The number of rotatable bonds is 16. The van der Waals surface area contributed by atoms with Gasteiger partial charge in [-0.3, -0.25) is 19.4 Å². The number of anilines is 1. The van der Waals surface area contributed by atoms with Crippen LogP contribution in [0.15, 0.2) is 52.3 Å². The van der Waals surface area contributed by atoms with Gasteiger partial charge < -0.3 is 55.7 Å². The number of nitrogens with one attached hydrogen (secondary N) is 3. The maximum atomic E-state index is 14.1. The number of guanidine groups is 1. The Kier molecular flexibility index (Phi) is 13.1. The van der Waals surface area contributed by atoms with E-state index in [1.807, 2.05) is 33.8 Å². The van der Waals surface area contributed by atoms with Crippen LogP contribution < -0.4 is 42.5 Å². The van der Waals surface area contributed by atoms with Crippen LogP contribution in [0, 0.1) is 5.92 Å². The second kappa shape index (κ2) is 18.5. The van der Waals surface area contributed by atoms with Crippen LogP contribution in [0.2, 0.25) is 0 Å². The third-order valence-electron chi connectivity index (χ3n) is 11.3. The predicted octanol–water partition coefficient (Wildman–Crippen LogP) is 4.41. The van der Waals surface area contributed by atoms with Crippen molar-refractivity contribution in [3.63, 3.8) is 0 Å². The Hall–Kier alpha value is -6.40. The largest absolute Gasteiger partial charge is 0.510 e. The number of carbonyl (C=O) groups is 4. The molecule has 2 aromatic carbocycles. The zero-order chi connectivity index (χ0) is 45.2. The van der Waals surface area contributed by atoms with Crippen LogP contribution in [0.5, 0.6) is 11.5 Å². The molecule has 2 aromatic heterocycles. The van der Waals surface area contributed by atoms with Gasteiger partial charge in [0.05, 0.1) is 35.1 Å². The average Bonchev–Trinajstić information content (AvgIpc) is 3.87. The van der Waals surface area contributed by atoms with Crippen molar-refractivity contribution in [1.82, 2.24) is 20.2 Å². The molecule has 5 heterocycles. The van der Waals surface area contributed by atoms with Gasteiger partial charge in [0.15, 0.2) is 17.5 Å². The minimum absolute atomic E-state index is 0.0360. The van der Waals surface area contributed by atoms with E-state index in [0.29, 0.717) is 46.1 Å². The monoisotopic (exact) mass is 886 g/mol.